The molecule has 1 atom stereocenters. The van der Waals surface area contributed by atoms with Crippen molar-refractivity contribution in [2.24, 2.45) is 4.99 Å². The molecule has 0 amide bonds. The third-order valence-electron chi connectivity index (χ3n) is 5.58. The van der Waals surface area contributed by atoms with Crippen LogP contribution in [0.15, 0.2) is 63.5 Å². The predicted molar refractivity (Wildman–Crippen MR) is 133 cm³/mol. The molecule has 1 aliphatic heterocycles. The lowest BCUT2D eigenvalue weighted by Gasteiger charge is -2.25. The normalized spacial score (nSPS) is 15.1. The summed E-state index contributed by atoms with van der Waals surface area (Å²) in [6.07, 6.45) is 1.75. The van der Waals surface area contributed by atoms with Crippen LogP contribution >= 0.6 is 11.3 Å². The molecule has 9 nitrogen and oxygen atoms in total. The van der Waals surface area contributed by atoms with Gasteiger partial charge in [-0.25, -0.2) is 9.79 Å². The summed E-state index contributed by atoms with van der Waals surface area (Å²) < 4.78 is 22.9. The fourth-order valence-corrected chi connectivity index (χ4v) is 5.03. The summed E-state index contributed by atoms with van der Waals surface area (Å²) >= 11 is 1.22. The highest BCUT2D eigenvalue weighted by molar-refractivity contribution is 7.07. The van der Waals surface area contributed by atoms with Crippen molar-refractivity contribution in [3.8, 4) is 17.2 Å². The number of esters is 2. The van der Waals surface area contributed by atoms with E-state index in [9.17, 15) is 14.4 Å². The van der Waals surface area contributed by atoms with Gasteiger partial charge in [0.25, 0.3) is 5.56 Å². The van der Waals surface area contributed by atoms with Gasteiger partial charge in [0.2, 0.25) is 0 Å². The molecular weight excluding hydrogens is 484 g/mol. The van der Waals surface area contributed by atoms with E-state index in [1.807, 2.05) is 24.3 Å². The number of thiazole rings is 1. The molecule has 0 saturated heterocycles. The molecule has 0 bridgehead atoms. The van der Waals surface area contributed by atoms with Gasteiger partial charge in [-0.2, -0.15) is 0 Å². The van der Waals surface area contributed by atoms with Crippen LogP contribution in [-0.4, -0.2) is 37.8 Å². The molecular formula is C26H24N2O7S. The number of carbonyl (C=O) groups is 2. The van der Waals surface area contributed by atoms with Gasteiger partial charge in [0, 0.05) is 6.92 Å². The van der Waals surface area contributed by atoms with Crippen molar-refractivity contribution in [1.82, 2.24) is 4.57 Å². The molecule has 0 fully saturated rings. The maximum atomic E-state index is 13.7. The second-order valence-corrected chi connectivity index (χ2v) is 8.86. The highest BCUT2D eigenvalue weighted by atomic mass is 32.1. The number of benzene rings is 2. The number of rotatable bonds is 6. The van der Waals surface area contributed by atoms with Gasteiger partial charge in [-0.15, -0.1) is 0 Å². The smallest absolute Gasteiger partial charge is 0.338 e. The van der Waals surface area contributed by atoms with Crippen molar-refractivity contribution in [3.05, 3.63) is 84.5 Å². The zero-order valence-electron chi connectivity index (χ0n) is 20.4. The van der Waals surface area contributed by atoms with Gasteiger partial charge < -0.3 is 18.9 Å². The van der Waals surface area contributed by atoms with Gasteiger partial charge in [0.05, 0.1) is 43.2 Å². The van der Waals surface area contributed by atoms with Crippen LogP contribution in [0, 0.1) is 0 Å². The Bertz CT molecular complexity index is 1570. The quantitative estimate of drug-likeness (QED) is 0.372. The lowest BCUT2D eigenvalue weighted by Crippen LogP contribution is -2.39. The first kappa shape index (κ1) is 24.9. The maximum Gasteiger partial charge on any atom is 0.338 e. The van der Waals surface area contributed by atoms with Crippen LogP contribution in [0.5, 0.6) is 17.2 Å². The molecule has 1 aliphatic rings. The zero-order valence-corrected chi connectivity index (χ0v) is 21.2. The molecule has 2 heterocycles. The molecule has 10 heteroatoms. The summed E-state index contributed by atoms with van der Waals surface area (Å²) in [5, 5.41) is 0. The molecule has 186 valence electrons. The molecule has 2 aromatic carbocycles. The number of nitrogens with zero attached hydrogens (tertiary/aromatic N) is 2. The van der Waals surface area contributed by atoms with Crippen molar-refractivity contribution in [2.45, 2.75) is 19.9 Å². The Morgan fingerprint density at radius 1 is 1.06 bits per heavy atom. The van der Waals surface area contributed by atoms with E-state index in [-0.39, 0.29) is 22.6 Å². The molecule has 4 rings (SSSR count). The van der Waals surface area contributed by atoms with Gasteiger partial charge in [-0.1, -0.05) is 29.5 Å². The minimum Gasteiger partial charge on any atom is -0.497 e. The Hall–Kier alpha value is -4.18. The second kappa shape index (κ2) is 10.2. The van der Waals surface area contributed by atoms with Gasteiger partial charge in [0.1, 0.15) is 5.75 Å². The summed E-state index contributed by atoms with van der Waals surface area (Å²) in [5.41, 5.74) is 1.69. The topological polar surface area (TPSA) is 105 Å². The minimum atomic E-state index is -0.832. The lowest BCUT2D eigenvalue weighted by molar-refractivity contribution is -0.136. The summed E-state index contributed by atoms with van der Waals surface area (Å²) in [5.74, 6) is 0.0571. The van der Waals surface area contributed by atoms with Crippen molar-refractivity contribution in [3.63, 3.8) is 0 Å². The Kier molecular flexibility index (Phi) is 7.07. The monoisotopic (exact) mass is 508 g/mol. The summed E-state index contributed by atoms with van der Waals surface area (Å²) in [7, 11) is 4.29. The summed E-state index contributed by atoms with van der Waals surface area (Å²) in [6.45, 7) is 2.98. The van der Waals surface area contributed by atoms with E-state index in [1.54, 1.807) is 38.3 Å². The van der Waals surface area contributed by atoms with Gasteiger partial charge in [0.15, 0.2) is 16.3 Å². The molecule has 1 aromatic heterocycles. The van der Waals surface area contributed by atoms with Crippen molar-refractivity contribution >= 4 is 29.4 Å². The molecule has 0 radical (unpaired) electrons. The molecule has 36 heavy (non-hydrogen) atoms. The summed E-state index contributed by atoms with van der Waals surface area (Å²) in [4.78, 5) is 43.0. The number of aromatic nitrogens is 1. The third kappa shape index (κ3) is 4.67. The van der Waals surface area contributed by atoms with Gasteiger partial charge in [-0.3, -0.25) is 14.2 Å². The van der Waals surface area contributed by atoms with Crippen LogP contribution in [-0.2, 0) is 14.3 Å². The minimum absolute atomic E-state index is 0.222. The van der Waals surface area contributed by atoms with Gasteiger partial charge >= 0.3 is 11.9 Å². The first-order valence-corrected chi connectivity index (χ1v) is 11.7. The van der Waals surface area contributed by atoms with Crippen LogP contribution in [0.3, 0.4) is 0 Å². The average molecular weight is 509 g/mol. The lowest BCUT2D eigenvalue weighted by atomic mass is 9.95. The molecule has 0 aliphatic carbocycles. The molecule has 3 aromatic rings. The fourth-order valence-electron chi connectivity index (χ4n) is 3.98. The highest BCUT2D eigenvalue weighted by Gasteiger charge is 2.33. The van der Waals surface area contributed by atoms with Crippen LogP contribution in [0.1, 0.15) is 31.0 Å². The van der Waals surface area contributed by atoms with Crippen molar-refractivity contribution in [2.75, 3.05) is 21.3 Å². The van der Waals surface area contributed by atoms with Crippen LogP contribution < -0.4 is 29.1 Å². The average Bonchev–Trinajstić information content (AvgIpc) is 3.16. The fraction of sp³-hybridized carbons (Fsp3) is 0.231. The molecule has 1 unspecified atom stereocenters. The second-order valence-electron chi connectivity index (χ2n) is 7.85. The first-order chi connectivity index (χ1) is 17.3. The number of fused-ring (bicyclic) bond motifs is 1. The van der Waals surface area contributed by atoms with Crippen molar-refractivity contribution in [1.29, 1.82) is 0 Å². The first-order valence-electron chi connectivity index (χ1n) is 10.9. The van der Waals surface area contributed by atoms with Crippen LogP contribution in [0.25, 0.3) is 6.08 Å². The van der Waals surface area contributed by atoms with Crippen LogP contribution in [0.4, 0.5) is 0 Å². The van der Waals surface area contributed by atoms with E-state index >= 15 is 0 Å². The number of allylic oxidation sites excluding steroid dienone is 1. The van der Waals surface area contributed by atoms with E-state index < -0.39 is 18.0 Å². The number of ether oxygens (including phenoxy) is 4. The van der Waals surface area contributed by atoms with E-state index in [0.29, 0.717) is 26.3 Å². The Morgan fingerprint density at radius 3 is 2.50 bits per heavy atom. The van der Waals surface area contributed by atoms with Gasteiger partial charge in [-0.05, 0) is 48.4 Å². The standard InChI is InChI=1S/C26H24N2O7S/c1-14-22(25(31)34-5)23(17-9-10-19(35-15(2)29)20(13-17)33-4)28-24(30)21(36-26(28)27-14)12-16-7-6-8-18(11-16)32-3/h6-13,23H,1-5H3. The summed E-state index contributed by atoms with van der Waals surface area (Å²) in [6, 6.07) is 11.4. The maximum absolute atomic E-state index is 13.7. The van der Waals surface area contributed by atoms with E-state index in [0.717, 1.165) is 5.56 Å². The van der Waals surface area contributed by atoms with Crippen molar-refractivity contribution < 1.29 is 28.5 Å². The Balaban J connectivity index is 1.95. The highest BCUT2D eigenvalue weighted by Crippen LogP contribution is 2.36. The molecule has 0 spiro atoms. The zero-order chi connectivity index (χ0) is 26.0. The largest absolute Gasteiger partial charge is 0.497 e. The molecule has 0 saturated carbocycles. The Morgan fingerprint density at radius 2 is 1.83 bits per heavy atom. The van der Waals surface area contributed by atoms with Crippen LogP contribution in [0.2, 0.25) is 0 Å². The van der Waals surface area contributed by atoms with E-state index in [1.165, 1.54) is 37.0 Å². The Labute approximate surface area is 210 Å². The predicted octanol–water partition coefficient (Wildman–Crippen LogP) is 2.35. The number of hydrogen-bond acceptors (Lipinski definition) is 9. The SMILES string of the molecule is COC(=O)C1=C(C)N=c2sc(=Cc3cccc(OC)c3)c(=O)n2C1c1ccc(OC(C)=O)c(OC)c1. The van der Waals surface area contributed by atoms with E-state index in [4.69, 9.17) is 18.9 Å². The number of hydrogen-bond donors (Lipinski definition) is 0. The molecule has 0 N–H and O–H groups in total. The number of carbonyl (C=O) groups excluding carboxylic acids is 2. The van der Waals surface area contributed by atoms with E-state index in [2.05, 4.69) is 4.99 Å². The third-order valence-corrected chi connectivity index (χ3v) is 6.56. The number of methoxy groups -OCH3 is 3.